The maximum Gasteiger partial charge on any atom is 2.00 e. The van der Waals surface area contributed by atoms with E-state index in [-0.39, 0.29) is 153 Å². The number of hydrogen-bond acceptors (Lipinski definition) is 4. The van der Waals surface area contributed by atoms with Crippen LogP contribution in [0.2, 0.25) is 0 Å². The van der Waals surface area contributed by atoms with Crippen molar-refractivity contribution in [1.29, 1.82) is 0 Å². The Morgan fingerprint density at radius 3 is 0.574 bits per heavy atom. The van der Waals surface area contributed by atoms with Gasteiger partial charge in [-0.25, -0.2) is 0 Å². The van der Waals surface area contributed by atoms with Crippen LogP contribution in [0.1, 0.15) is 399 Å². The van der Waals surface area contributed by atoms with Crippen LogP contribution in [0.4, 0.5) is 0 Å². The maximum absolute atomic E-state index is 6.32. The van der Waals surface area contributed by atoms with Crippen molar-refractivity contribution < 1.29 is 101 Å². The molecular formula is C136H216O4P4Pd4+4. The van der Waals surface area contributed by atoms with Gasteiger partial charge in [-0.1, -0.05) is 290 Å². The molecule has 840 valence electrons. The van der Waals surface area contributed by atoms with Crippen molar-refractivity contribution in [1.82, 2.24) is 0 Å². The molecule has 9 aromatic carbocycles. The molecule has 17 rings (SSSR count). The van der Waals surface area contributed by atoms with Crippen LogP contribution in [0.5, 0.6) is 23.0 Å². The average Bonchev–Trinajstić information content (AvgIpc) is 0.824. The second-order valence-corrected chi connectivity index (χ2v) is 54.5. The summed E-state index contributed by atoms with van der Waals surface area (Å²) in [7, 11) is 1.20. The van der Waals surface area contributed by atoms with Gasteiger partial charge < -0.3 is 78.4 Å². The Morgan fingerprint density at radius 2 is 0.399 bits per heavy atom. The topological polar surface area (TPSA) is 36.9 Å². The molecule has 4 nitrogen and oxygen atoms in total. The van der Waals surface area contributed by atoms with Crippen LogP contribution in [0.25, 0.3) is 44.5 Å². The van der Waals surface area contributed by atoms with Crippen LogP contribution in [-0.4, -0.2) is 71.7 Å². The van der Waals surface area contributed by atoms with Gasteiger partial charge in [-0.05, 0) is 344 Å². The normalized spacial score (nSPS) is 16.0. The average molecular weight is 2460 g/mol. The van der Waals surface area contributed by atoms with E-state index in [2.05, 4.69) is 304 Å². The molecule has 0 saturated heterocycles. The van der Waals surface area contributed by atoms with Gasteiger partial charge in [0.1, 0.15) is 23.0 Å². The molecule has 0 N–H and O–H groups in total. The van der Waals surface area contributed by atoms with Crippen molar-refractivity contribution in [2.75, 3.05) is 14.2 Å². The molecule has 0 atom stereocenters. The molecule has 148 heavy (non-hydrogen) atoms. The van der Waals surface area contributed by atoms with E-state index < -0.39 is 31.7 Å². The fraction of sp³-hybridized carbons (Fsp3) is 0.544. The molecule has 12 heteroatoms. The van der Waals surface area contributed by atoms with Crippen LogP contribution in [-0.2, 0) is 88.1 Å². The van der Waals surface area contributed by atoms with E-state index in [0.29, 0.717) is 0 Å². The van der Waals surface area contributed by atoms with Crippen molar-refractivity contribution in [2.24, 2.45) is 0 Å². The van der Waals surface area contributed by atoms with Gasteiger partial charge in [-0.3, -0.25) is 0 Å². The van der Waals surface area contributed by atoms with Gasteiger partial charge in [0, 0.05) is 76.2 Å². The number of benzene rings is 9. The number of hydrogen-bond donors (Lipinski definition) is 0. The summed E-state index contributed by atoms with van der Waals surface area (Å²) in [6.07, 6.45) is 67.4. The van der Waals surface area contributed by atoms with E-state index in [0.717, 1.165) is 68.3 Å². The van der Waals surface area contributed by atoms with Crippen molar-refractivity contribution >= 4 is 52.9 Å². The molecule has 0 bridgehead atoms. The van der Waals surface area contributed by atoms with Crippen LogP contribution < -0.4 is 40.2 Å². The summed E-state index contributed by atoms with van der Waals surface area (Å²) in [5, 5.41) is 6.78. The van der Waals surface area contributed by atoms with Crippen molar-refractivity contribution in [3.8, 4) is 67.5 Å². The number of ether oxygens (including phenoxy) is 4. The largest absolute Gasteiger partial charge is 2.00 e. The minimum atomic E-state index is -0.617. The number of aryl methyl sites for hydroxylation is 5. The first kappa shape index (κ1) is 149. The third-order valence-electron chi connectivity index (χ3n) is 30.9. The van der Waals surface area contributed by atoms with Crippen LogP contribution in [0.15, 0.2) is 200 Å². The van der Waals surface area contributed by atoms with E-state index >= 15 is 0 Å². The van der Waals surface area contributed by atoms with E-state index in [1.54, 1.807) is 21.2 Å². The van der Waals surface area contributed by atoms with Crippen LogP contribution in [0, 0.1) is 87.1 Å². The van der Waals surface area contributed by atoms with Gasteiger partial charge in [0.05, 0.1) is 92.9 Å². The van der Waals surface area contributed by atoms with Crippen molar-refractivity contribution in [2.45, 2.75) is 463 Å². The molecule has 8 aliphatic rings. The van der Waals surface area contributed by atoms with Crippen molar-refractivity contribution in [3.63, 3.8) is 0 Å². The fourth-order valence-electron chi connectivity index (χ4n) is 24.1. The summed E-state index contributed by atoms with van der Waals surface area (Å²) in [6.45, 7) is 32.7. The quantitative estimate of drug-likeness (QED) is 0.0308. The minimum Gasteiger partial charge on any atom is -0.496 e. The standard InChI is InChI=1S/2C28H39OP.2C26H35OP.C9H12.2C4H10.C3H8.8CH3.4Pd/c2*1-21(2)29-26-19-12-13-22(3)28(26)25-18-10-11-20-27(25)30(23-14-6-4-7-15-23)24-16-8-5-9-17-24;2*1-20-12-11-18-24(27-2)26(20)23-17-9-10-19-25(23)28(21-13-5-3-6-14-21)22-15-7-4-8-16-22;1-2-6-9-7-4-3-5-8-9;2*1-3-4-2;1-3-2;;;;;;;;;;;;/h2*10-13,18-21,23-24H,4-9,14-17H2,1-3H3;2*9-12,17-19,21-22H,3-8,13-16H2,1-2H3;3-5,7-8H,2,6H2,1H3;2*3-4H2,1-2H3;3H2,1-2H3;8*1H3;;;;/q;;;;;;;;8*-1;4*+2/p+4. The van der Waals surface area contributed by atoms with Gasteiger partial charge >= 0.3 is 81.7 Å². The molecule has 0 unspecified atom stereocenters. The third kappa shape index (κ3) is 45.9. The predicted molar refractivity (Wildman–Crippen MR) is 667 cm³/mol. The Bertz CT molecular complexity index is 4400. The number of methoxy groups -OCH3 is 2. The third-order valence-corrected chi connectivity index (χ3v) is 46.8. The predicted octanol–water partition coefficient (Wildman–Crippen LogP) is 41.5. The second kappa shape index (κ2) is 84.7. The molecule has 0 heterocycles. The Morgan fingerprint density at radius 1 is 0.223 bits per heavy atom. The summed E-state index contributed by atoms with van der Waals surface area (Å²) in [4.78, 5) is 0. The summed E-state index contributed by atoms with van der Waals surface area (Å²) in [5.74, 6) is 4.18. The summed E-state index contributed by atoms with van der Waals surface area (Å²) in [5.41, 5.74) is 25.6. The number of rotatable bonds is 26. The molecule has 0 amide bonds. The molecule has 0 radical (unpaired) electrons. The first-order valence-corrected chi connectivity index (χ1v) is 62.9. The molecular weight excluding hydrogens is 2250 g/mol. The summed E-state index contributed by atoms with van der Waals surface area (Å²) >= 11 is 0. The maximum atomic E-state index is 6.32. The zero-order valence-corrected chi connectivity index (χ0v) is 109. The second-order valence-electron chi connectivity index (χ2n) is 42.2. The van der Waals surface area contributed by atoms with E-state index in [1.807, 2.05) is 14.2 Å². The Balaban J connectivity index is -0.00000173. The zero-order valence-electron chi connectivity index (χ0n) is 98.5. The van der Waals surface area contributed by atoms with Gasteiger partial charge in [0.15, 0.2) is 0 Å². The molecule has 0 spiro atoms. The molecule has 8 aliphatic carbocycles. The first-order valence-electron chi connectivity index (χ1n) is 56.3. The molecule has 9 aromatic rings. The summed E-state index contributed by atoms with van der Waals surface area (Å²) < 4.78 is 24.3. The Hall–Kier alpha value is -3.45. The van der Waals surface area contributed by atoms with Gasteiger partial charge in [0.25, 0.3) is 0 Å². The van der Waals surface area contributed by atoms with Crippen LogP contribution in [0.3, 0.4) is 0 Å². The van der Waals surface area contributed by atoms with Crippen molar-refractivity contribution in [3.05, 3.63) is 287 Å². The summed E-state index contributed by atoms with van der Waals surface area (Å²) in [6, 6.07) is 74.3. The Kier molecular flexibility index (Phi) is 85.1. The van der Waals surface area contributed by atoms with Crippen LogP contribution >= 0.6 is 31.7 Å². The molecule has 0 aliphatic heterocycles. The van der Waals surface area contributed by atoms with E-state index in [9.17, 15) is 0 Å². The van der Waals surface area contributed by atoms with E-state index in [4.69, 9.17) is 18.9 Å². The number of unbranched alkanes of at least 4 members (excludes halogenated alkanes) is 2. The SMILES string of the molecule is CCC.CCCC.CCCC.CCCc1ccccc1.COc1cccc(C)c1-c1ccccc1[PH+](C1CCCCC1)C1CCCCC1.COc1cccc(C)c1-c1ccccc1[PH+](C1CCCCC1)C1CCCCC1.Cc1cccc(OC(C)C)c1-c1ccccc1[PH+](C1CCCCC1)C1CCCCC1.Cc1cccc(OC(C)C)c1-c1ccccc1[PH+](C1CCCCC1)C1CCCCC1.[CH3-].[CH3-].[CH3-].[CH3-].[CH3-].[CH3-].[CH3-].[CH3-].[Pd+2].[Pd+2].[Pd+2].[Pd+2]. The molecule has 0 aromatic heterocycles. The molecule has 8 saturated carbocycles. The monoisotopic (exact) mass is 2460 g/mol. The Labute approximate surface area is 976 Å². The fourth-order valence-corrected chi connectivity index (χ4v) is 41.8. The van der Waals surface area contributed by atoms with Gasteiger partial charge in [-0.15, -0.1) is 0 Å². The van der Waals surface area contributed by atoms with E-state index in [1.165, 1.54) is 374 Å². The smallest absolute Gasteiger partial charge is 0.496 e. The molecule has 8 fully saturated rings. The zero-order chi connectivity index (χ0) is 96.6. The van der Waals surface area contributed by atoms with Gasteiger partial charge in [0.2, 0.25) is 0 Å². The minimum absolute atomic E-state index is 0. The van der Waals surface area contributed by atoms with Gasteiger partial charge in [-0.2, -0.15) is 0 Å². The first-order chi connectivity index (χ1) is 66.6.